The van der Waals surface area contributed by atoms with E-state index < -0.39 is 4.92 Å². The smallest absolute Gasteiger partial charge is 0.271 e. The number of aryl methyl sites for hydroxylation is 1. The minimum Gasteiger partial charge on any atom is -0.494 e. The van der Waals surface area contributed by atoms with Crippen molar-refractivity contribution >= 4 is 34.4 Å². The Balaban J connectivity index is 1.77. The Kier molecular flexibility index (Phi) is 10.8. The summed E-state index contributed by atoms with van der Waals surface area (Å²) in [6.45, 7) is 8.36. The van der Waals surface area contributed by atoms with Gasteiger partial charge in [-0.3, -0.25) is 10.1 Å². The van der Waals surface area contributed by atoms with Crippen molar-refractivity contribution in [2.24, 2.45) is 0 Å². The number of ether oxygens (including phenoxy) is 1. The molecule has 0 amide bonds. The summed E-state index contributed by atoms with van der Waals surface area (Å²) in [5.41, 5.74) is 2.42. The predicted octanol–water partition coefficient (Wildman–Crippen LogP) is 5.79. The molecule has 0 heterocycles. The molecule has 0 radical (unpaired) electrons. The Morgan fingerprint density at radius 2 is 1.85 bits per heavy atom. The van der Waals surface area contributed by atoms with Gasteiger partial charge in [0.05, 0.1) is 11.5 Å². The van der Waals surface area contributed by atoms with Gasteiger partial charge in [-0.15, -0.1) is 6.58 Å². The number of anilines is 2. The van der Waals surface area contributed by atoms with Gasteiger partial charge in [0.2, 0.25) is 0 Å². The van der Waals surface area contributed by atoms with E-state index in [2.05, 4.69) is 23.8 Å². The summed E-state index contributed by atoms with van der Waals surface area (Å²) in [5, 5.41) is 14.6. The van der Waals surface area contributed by atoms with Crippen molar-refractivity contribution < 1.29 is 9.66 Å². The Morgan fingerprint density at radius 3 is 2.52 bits per heavy atom. The van der Waals surface area contributed by atoms with Gasteiger partial charge in [-0.25, -0.2) is 0 Å². The number of nitrogens with zero attached hydrogens (tertiary/aromatic N) is 3. The Bertz CT molecular complexity index is 934. The molecule has 33 heavy (non-hydrogen) atoms. The maximum atomic E-state index is 11.0. The average molecular weight is 471 g/mol. The standard InChI is InChI=1S/C25H34N4O3S/c1-5-16-27(3)17-8-6-7-9-18-32-23-14-12-21(13-15-23)28(4)25(33)26-24-19-22(29(30)31)11-10-20(24)2/h5,10-15,19H,1,6-9,16-18H2,2-4H3,(H,26,33). The highest BCUT2D eigenvalue weighted by Gasteiger charge is 2.12. The first-order valence-electron chi connectivity index (χ1n) is 11.1. The molecule has 1 N–H and O–H groups in total. The first-order valence-corrected chi connectivity index (χ1v) is 11.5. The number of unbranched alkanes of at least 4 members (excludes halogenated alkanes) is 3. The van der Waals surface area contributed by atoms with Gasteiger partial charge in [-0.1, -0.05) is 25.0 Å². The average Bonchev–Trinajstić information content (AvgIpc) is 2.79. The Labute approximate surface area is 202 Å². The van der Waals surface area contributed by atoms with Gasteiger partial charge in [0.15, 0.2) is 5.11 Å². The van der Waals surface area contributed by atoms with E-state index in [-0.39, 0.29) is 5.69 Å². The molecule has 0 aliphatic rings. The van der Waals surface area contributed by atoms with Gasteiger partial charge in [0.25, 0.3) is 5.69 Å². The molecule has 0 unspecified atom stereocenters. The lowest BCUT2D eigenvalue weighted by Gasteiger charge is -2.22. The molecular formula is C25H34N4O3S. The highest BCUT2D eigenvalue weighted by Crippen LogP contribution is 2.24. The molecule has 2 aromatic carbocycles. The van der Waals surface area contributed by atoms with Crippen molar-refractivity contribution in [3.63, 3.8) is 0 Å². The lowest BCUT2D eigenvalue weighted by Crippen LogP contribution is -2.31. The molecule has 0 spiro atoms. The molecule has 0 aliphatic heterocycles. The zero-order chi connectivity index (χ0) is 24.2. The molecule has 0 saturated heterocycles. The fraction of sp³-hybridized carbons (Fsp3) is 0.400. The molecule has 178 valence electrons. The normalized spacial score (nSPS) is 10.7. The van der Waals surface area contributed by atoms with Crippen LogP contribution in [0.3, 0.4) is 0 Å². The van der Waals surface area contributed by atoms with Crippen molar-refractivity contribution in [3.8, 4) is 5.75 Å². The molecule has 0 saturated carbocycles. The highest BCUT2D eigenvalue weighted by atomic mass is 32.1. The largest absolute Gasteiger partial charge is 0.494 e. The number of nitro groups is 1. The summed E-state index contributed by atoms with van der Waals surface area (Å²) in [4.78, 5) is 14.7. The van der Waals surface area contributed by atoms with Crippen LogP contribution < -0.4 is 15.0 Å². The number of likely N-dealkylation sites (N-methyl/N-ethyl adjacent to an activating group) is 1. The van der Waals surface area contributed by atoms with Crippen molar-refractivity contribution in [3.05, 3.63) is 70.8 Å². The van der Waals surface area contributed by atoms with Crippen molar-refractivity contribution in [2.75, 3.05) is 44.0 Å². The lowest BCUT2D eigenvalue weighted by atomic mass is 10.2. The van der Waals surface area contributed by atoms with E-state index in [9.17, 15) is 10.1 Å². The van der Waals surface area contributed by atoms with Crippen LogP contribution in [0.1, 0.15) is 31.2 Å². The van der Waals surface area contributed by atoms with Gasteiger partial charge in [-0.05, 0) is 75.4 Å². The van der Waals surface area contributed by atoms with Gasteiger partial charge in [0.1, 0.15) is 5.75 Å². The molecule has 0 atom stereocenters. The van der Waals surface area contributed by atoms with Crippen molar-refractivity contribution in [1.82, 2.24) is 4.90 Å². The summed E-state index contributed by atoms with van der Waals surface area (Å²) in [6, 6.07) is 12.4. The highest BCUT2D eigenvalue weighted by molar-refractivity contribution is 7.80. The second-order valence-electron chi connectivity index (χ2n) is 8.05. The first-order chi connectivity index (χ1) is 15.8. The molecule has 0 aliphatic carbocycles. The molecule has 8 heteroatoms. The zero-order valence-corrected chi connectivity index (χ0v) is 20.6. The monoisotopic (exact) mass is 470 g/mol. The van der Waals surface area contributed by atoms with Crippen LogP contribution in [0.4, 0.5) is 17.1 Å². The molecule has 2 rings (SSSR count). The first kappa shape index (κ1) is 26.3. The van der Waals surface area contributed by atoms with Crippen molar-refractivity contribution in [1.29, 1.82) is 0 Å². The molecule has 0 aromatic heterocycles. The number of thiocarbonyl (C=S) groups is 1. The van der Waals surface area contributed by atoms with E-state index in [0.29, 0.717) is 17.4 Å². The summed E-state index contributed by atoms with van der Waals surface area (Å²) in [5.74, 6) is 0.825. The Morgan fingerprint density at radius 1 is 1.15 bits per heavy atom. The number of hydrogen-bond donors (Lipinski definition) is 1. The van der Waals surface area contributed by atoms with Crippen molar-refractivity contribution in [2.45, 2.75) is 32.6 Å². The topological polar surface area (TPSA) is 70.9 Å². The van der Waals surface area contributed by atoms with Crippen LogP contribution >= 0.6 is 12.2 Å². The van der Waals surface area contributed by atoms with E-state index in [1.54, 1.807) is 6.07 Å². The van der Waals surface area contributed by atoms with Gasteiger partial charge < -0.3 is 19.9 Å². The van der Waals surface area contributed by atoms with E-state index >= 15 is 0 Å². The van der Waals surface area contributed by atoms with E-state index in [0.717, 1.165) is 42.9 Å². The van der Waals surface area contributed by atoms with Crippen LogP contribution in [0.15, 0.2) is 55.1 Å². The molecular weight excluding hydrogens is 436 g/mol. The van der Waals surface area contributed by atoms with Crippen LogP contribution in [0, 0.1) is 17.0 Å². The van der Waals surface area contributed by atoms with E-state index in [1.165, 1.54) is 25.0 Å². The number of nitro benzene ring substituents is 1. The quantitative estimate of drug-likeness (QED) is 0.131. The van der Waals surface area contributed by atoms with Crippen LogP contribution in [0.2, 0.25) is 0 Å². The van der Waals surface area contributed by atoms with Gasteiger partial charge in [0, 0.05) is 37.1 Å². The predicted molar refractivity (Wildman–Crippen MR) is 141 cm³/mol. The fourth-order valence-electron chi connectivity index (χ4n) is 3.28. The molecule has 7 nitrogen and oxygen atoms in total. The summed E-state index contributed by atoms with van der Waals surface area (Å²) >= 11 is 5.50. The zero-order valence-electron chi connectivity index (χ0n) is 19.8. The second-order valence-corrected chi connectivity index (χ2v) is 8.44. The molecule has 2 aromatic rings. The summed E-state index contributed by atoms with van der Waals surface area (Å²) in [7, 11) is 3.97. The number of nitrogens with one attached hydrogen (secondary N) is 1. The van der Waals surface area contributed by atoms with Gasteiger partial charge >= 0.3 is 0 Å². The summed E-state index contributed by atoms with van der Waals surface area (Å²) < 4.78 is 5.86. The van der Waals surface area contributed by atoms with Crippen LogP contribution in [0.5, 0.6) is 5.75 Å². The third kappa shape index (κ3) is 8.82. The Hall–Kier alpha value is -2.97. The maximum absolute atomic E-state index is 11.0. The van der Waals surface area contributed by atoms with Crippen LogP contribution in [-0.2, 0) is 0 Å². The minimum atomic E-state index is -0.418. The molecule has 0 fully saturated rings. The second kappa shape index (κ2) is 13.5. The number of non-ortho nitro benzene ring substituents is 1. The third-order valence-electron chi connectivity index (χ3n) is 5.35. The van der Waals surface area contributed by atoms with Crippen LogP contribution in [-0.4, -0.2) is 48.7 Å². The fourth-order valence-corrected chi connectivity index (χ4v) is 3.49. The molecule has 0 bridgehead atoms. The maximum Gasteiger partial charge on any atom is 0.271 e. The third-order valence-corrected chi connectivity index (χ3v) is 5.72. The number of benzene rings is 2. The lowest BCUT2D eigenvalue weighted by molar-refractivity contribution is -0.384. The van der Waals surface area contributed by atoms with Gasteiger partial charge in [-0.2, -0.15) is 0 Å². The summed E-state index contributed by atoms with van der Waals surface area (Å²) in [6.07, 6.45) is 6.50. The van der Waals surface area contributed by atoms with E-state index in [1.807, 2.05) is 49.2 Å². The number of rotatable bonds is 13. The number of hydrogen-bond acceptors (Lipinski definition) is 5. The van der Waals surface area contributed by atoms with Crippen LogP contribution in [0.25, 0.3) is 0 Å². The van der Waals surface area contributed by atoms with E-state index in [4.69, 9.17) is 17.0 Å². The minimum absolute atomic E-state index is 0.0232. The SMILES string of the molecule is C=CCN(C)CCCCCCOc1ccc(N(C)C(=S)Nc2cc([N+](=O)[O-])ccc2C)cc1.